The average molecular weight is 295 g/mol. The van der Waals surface area contributed by atoms with Crippen LogP contribution in [0.1, 0.15) is 10.6 Å². The zero-order valence-corrected chi connectivity index (χ0v) is 12.5. The first-order valence-corrected chi connectivity index (χ1v) is 6.92. The van der Waals surface area contributed by atoms with E-state index in [0.29, 0.717) is 17.0 Å². The number of para-hydroxylation sites is 1. The number of anilines is 3. The summed E-state index contributed by atoms with van der Waals surface area (Å²) < 4.78 is 5.55. The quantitative estimate of drug-likeness (QED) is 0.777. The van der Waals surface area contributed by atoms with Crippen molar-refractivity contribution in [2.75, 3.05) is 30.0 Å². The second-order valence-electron chi connectivity index (χ2n) is 5.24. The Balaban J connectivity index is 1.85. The summed E-state index contributed by atoms with van der Waals surface area (Å²) in [6, 6.07) is 14.8. The summed E-state index contributed by atoms with van der Waals surface area (Å²) in [7, 11) is 3.92. The average Bonchev–Trinajstić information content (AvgIpc) is 2.85. The van der Waals surface area contributed by atoms with Crippen molar-refractivity contribution in [3.05, 3.63) is 54.3 Å². The molecule has 0 saturated carbocycles. The van der Waals surface area contributed by atoms with Gasteiger partial charge in [-0.3, -0.25) is 4.79 Å². The van der Waals surface area contributed by atoms with E-state index < -0.39 is 0 Å². The van der Waals surface area contributed by atoms with Gasteiger partial charge in [-0.15, -0.1) is 0 Å². The molecule has 3 N–H and O–H groups in total. The molecule has 0 radical (unpaired) electrons. The van der Waals surface area contributed by atoms with Crippen LogP contribution in [-0.4, -0.2) is 20.0 Å². The molecule has 112 valence electrons. The minimum atomic E-state index is -0.355. The largest absolute Gasteiger partial charge is 0.449 e. The minimum Gasteiger partial charge on any atom is -0.449 e. The first-order valence-electron chi connectivity index (χ1n) is 6.92. The van der Waals surface area contributed by atoms with E-state index in [1.807, 2.05) is 61.5 Å². The Morgan fingerprint density at radius 1 is 1.09 bits per heavy atom. The van der Waals surface area contributed by atoms with Gasteiger partial charge < -0.3 is 20.4 Å². The standard InChI is InChI=1S/C17H17N3O2/c1-20(2)12-9-7-11(8-10-12)19-17(21)16-15(18)13-5-3-4-6-14(13)22-16/h3-10H,18H2,1-2H3,(H,19,21). The lowest BCUT2D eigenvalue weighted by Gasteiger charge is -2.12. The molecule has 0 saturated heterocycles. The molecule has 0 bridgehead atoms. The van der Waals surface area contributed by atoms with Gasteiger partial charge in [0, 0.05) is 30.9 Å². The maximum Gasteiger partial charge on any atom is 0.293 e. The molecule has 1 aromatic heterocycles. The van der Waals surface area contributed by atoms with Crippen LogP contribution >= 0.6 is 0 Å². The van der Waals surface area contributed by atoms with E-state index in [0.717, 1.165) is 11.1 Å². The topological polar surface area (TPSA) is 71.5 Å². The lowest BCUT2D eigenvalue weighted by Crippen LogP contribution is -2.13. The van der Waals surface area contributed by atoms with Gasteiger partial charge in [0.15, 0.2) is 0 Å². The molecular formula is C17H17N3O2. The van der Waals surface area contributed by atoms with Crippen LogP contribution in [0.15, 0.2) is 52.9 Å². The second kappa shape index (κ2) is 5.44. The molecule has 3 rings (SSSR count). The second-order valence-corrected chi connectivity index (χ2v) is 5.24. The Labute approximate surface area is 128 Å². The summed E-state index contributed by atoms with van der Waals surface area (Å²) in [4.78, 5) is 14.3. The lowest BCUT2D eigenvalue weighted by molar-refractivity contribution is 0.1000. The summed E-state index contributed by atoms with van der Waals surface area (Å²) in [6.07, 6.45) is 0. The smallest absolute Gasteiger partial charge is 0.293 e. The summed E-state index contributed by atoms with van der Waals surface area (Å²) in [5, 5.41) is 3.54. The molecule has 1 heterocycles. The zero-order chi connectivity index (χ0) is 15.7. The van der Waals surface area contributed by atoms with Crippen LogP contribution in [0, 0.1) is 0 Å². The summed E-state index contributed by atoms with van der Waals surface area (Å²) >= 11 is 0. The highest BCUT2D eigenvalue weighted by atomic mass is 16.3. The number of carbonyl (C=O) groups is 1. The van der Waals surface area contributed by atoms with E-state index in [1.54, 1.807) is 6.07 Å². The molecular weight excluding hydrogens is 278 g/mol. The molecule has 2 aromatic carbocycles. The Kier molecular flexibility index (Phi) is 3.47. The molecule has 22 heavy (non-hydrogen) atoms. The fraction of sp³-hybridized carbons (Fsp3) is 0.118. The van der Waals surface area contributed by atoms with Crippen LogP contribution in [0.5, 0.6) is 0 Å². The van der Waals surface area contributed by atoms with Crippen molar-refractivity contribution >= 4 is 33.9 Å². The number of amides is 1. The first-order chi connectivity index (χ1) is 10.6. The third-order valence-electron chi connectivity index (χ3n) is 3.48. The van der Waals surface area contributed by atoms with E-state index >= 15 is 0 Å². The van der Waals surface area contributed by atoms with E-state index in [1.165, 1.54) is 0 Å². The molecule has 0 aliphatic carbocycles. The minimum absolute atomic E-state index is 0.137. The Morgan fingerprint density at radius 3 is 2.41 bits per heavy atom. The lowest BCUT2D eigenvalue weighted by atomic mass is 10.2. The van der Waals surface area contributed by atoms with Crippen molar-refractivity contribution < 1.29 is 9.21 Å². The van der Waals surface area contributed by atoms with Crippen LogP contribution in [0.25, 0.3) is 11.0 Å². The number of nitrogens with two attached hydrogens (primary N) is 1. The number of hydrogen-bond donors (Lipinski definition) is 2. The predicted molar refractivity (Wildman–Crippen MR) is 89.3 cm³/mol. The SMILES string of the molecule is CN(C)c1ccc(NC(=O)c2oc3ccccc3c2N)cc1. The van der Waals surface area contributed by atoms with E-state index in [4.69, 9.17) is 10.2 Å². The molecule has 5 heteroatoms. The molecule has 0 unspecified atom stereocenters. The molecule has 1 amide bonds. The maximum absolute atomic E-state index is 12.3. The van der Waals surface area contributed by atoms with Gasteiger partial charge in [-0.2, -0.15) is 0 Å². The molecule has 3 aromatic rings. The molecule has 0 atom stereocenters. The number of hydrogen-bond acceptors (Lipinski definition) is 4. The van der Waals surface area contributed by atoms with Crippen molar-refractivity contribution in [3.8, 4) is 0 Å². The number of nitrogens with one attached hydrogen (secondary N) is 1. The normalized spacial score (nSPS) is 10.6. The Hall–Kier alpha value is -2.95. The van der Waals surface area contributed by atoms with Crippen molar-refractivity contribution in [1.29, 1.82) is 0 Å². The van der Waals surface area contributed by atoms with Gasteiger partial charge in [0.05, 0.1) is 5.69 Å². The zero-order valence-electron chi connectivity index (χ0n) is 12.5. The molecule has 0 aliphatic rings. The fourth-order valence-electron chi connectivity index (χ4n) is 2.26. The van der Waals surface area contributed by atoms with Crippen molar-refractivity contribution in [2.45, 2.75) is 0 Å². The van der Waals surface area contributed by atoms with Crippen LogP contribution in [0.2, 0.25) is 0 Å². The first kappa shape index (κ1) is 14.0. The maximum atomic E-state index is 12.3. The Bertz CT molecular complexity index is 820. The molecule has 5 nitrogen and oxygen atoms in total. The molecule has 0 aliphatic heterocycles. The number of benzene rings is 2. The van der Waals surface area contributed by atoms with Crippen molar-refractivity contribution in [1.82, 2.24) is 0 Å². The number of nitrogens with zero attached hydrogens (tertiary/aromatic N) is 1. The van der Waals surface area contributed by atoms with Gasteiger partial charge in [-0.1, -0.05) is 12.1 Å². The predicted octanol–water partition coefficient (Wildman–Crippen LogP) is 3.33. The van der Waals surface area contributed by atoms with Gasteiger partial charge in [-0.25, -0.2) is 0 Å². The molecule has 0 fully saturated rings. The highest BCUT2D eigenvalue weighted by molar-refractivity contribution is 6.10. The van der Waals surface area contributed by atoms with Gasteiger partial charge in [-0.05, 0) is 36.4 Å². The fourth-order valence-corrected chi connectivity index (χ4v) is 2.26. The number of carbonyl (C=O) groups excluding carboxylic acids is 1. The van der Waals surface area contributed by atoms with E-state index in [-0.39, 0.29) is 11.7 Å². The monoisotopic (exact) mass is 295 g/mol. The van der Waals surface area contributed by atoms with E-state index in [9.17, 15) is 4.79 Å². The van der Waals surface area contributed by atoms with Crippen molar-refractivity contribution in [2.24, 2.45) is 0 Å². The number of rotatable bonds is 3. The molecule has 0 spiro atoms. The highest BCUT2D eigenvalue weighted by Crippen LogP contribution is 2.28. The van der Waals surface area contributed by atoms with Gasteiger partial charge in [0.2, 0.25) is 5.76 Å². The van der Waals surface area contributed by atoms with Crippen LogP contribution in [0.3, 0.4) is 0 Å². The summed E-state index contributed by atoms with van der Waals surface area (Å²) in [5.74, 6) is -0.218. The van der Waals surface area contributed by atoms with Crippen LogP contribution < -0.4 is 16.0 Å². The number of fused-ring (bicyclic) bond motifs is 1. The summed E-state index contributed by atoms with van der Waals surface area (Å²) in [6.45, 7) is 0. The van der Waals surface area contributed by atoms with Crippen molar-refractivity contribution in [3.63, 3.8) is 0 Å². The van der Waals surface area contributed by atoms with Crippen LogP contribution in [0.4, 0.5) is 17.1 Å². The van der Waals surface area contributed by atoms with Gasteiger partial charge in [0.25, 0.3) is 5.91 Å². The summed E-state index contributed by atoms with van der Waals surface area (Å²) in [5.41, 5.74) is 8.71. The third-order valence-corrected chi connectivity index (χ3v) is 3.48. The highest BCUT2D eigenvalue weighted by Gasteiger charge is 2.18. The van der Waals surface area contributed by atoms with Crippen LogP contribution in [-0.2, 0) is 0 Å². The number of nitrogen functional groups attached to an aromatic ring is 1. The van der Waals surface area contributed by atoms with Gasteiger partial charge in [0.1, 0.15) is 5.58 Å². The van der Waals surface area contributed by atoms with E-state index in [2.05, 4.69) is 5.32 Å². The number of furan rings is 1. The Morgan fingerprint density at radius 2 is 1.77 bits per heavy atom. The van der Waals surface area contributed by atoms with Gasteiger partial charge >= 0.3 is 0 Å². The third kappa shape index (κ3) is 2.48.